The van der Waals surface area contributed by atoms with Crippen LogP contribution < -0.4 is 0 Å². The molecule has 1 N–H and O–H groups in total. The van der Waals surface area contributed by atoms with Crippen LogP contribution in [0.1, 0.15) is 58.8 Å². The maximum Gasteiger partial charge on any atom is 0.165 e. The van der Waals surface area contributed by atoms with Gasteiger partial charge < -0.3 is 5.11 Å². The van der Waals surface area contributed by atoms with E-state index in [1.54, 1.807) is 0 Å². The van der Waals surface area contributed by atoms with Crippen LogP contribution in [0, 0.1) is 22.2 Å². The number of carbonyl (C=O) groups excluding carboxylic acids is 1. The number of hydrogen-bond acceptors (Lipinski definition) is 2. The van der Waals surface area contributed by atoms with E-state index in [0.717, 1.165) is 12.8 Å². The van der Waals surface area contributed by atoms with Crippen molar-refractivity contribution in [1.29, 1.82) is 0 Å². The van der Waals surface area contributed by atoms with Gasteiger partial charge in [0, 0.05) is 11.8 Å². The fourth-order valence-electron chi connectivity index (χ4n) is 7.12. The lowest BCUT2D eigenvalue weighted by Gasteiger charge is -2.54. The summed E-state index contributed by atoms with van der Waals surface area (Å²) in [6.07, 6.45) is 6.94. The summed E-state index contributed by atoms with van der Waals surface area (Å²) in [5, 5.41) is 11.1. The fraction of sp³-hybridized carbons (Fsp3) is 0.824. The first-order valence-electron chi connectivity index (χ1n) is 7.74. The van der Waals surface area contributed by atoms with E-state index in [9.17, 15) is 9.90 Å². The maximum absolute atomic E-state index is 12.7. The summed E-state index contributed by atoms with van der Waals surface area (Å²) < 4.78 is 0. The molecule has 4 aliphatic rings. The average molecular weight is 260 g/mol. The standard InChI is InChI=1S/C17H24O2/c1-11(2)12-9-14(3)16-6-4-5-15(12,16)10-13(18)17(14,19)8-7-16/h12,19H,1,4-10H2,2-3H3/t12?,14-,15?,16+,17-/m1/s1. The lowest BCUT2D eigenvalue weighted by molar-refractivity contribution is -0.170. The van der Waals surface area contributed by atoms with Gasteiger partial charge in [-0.15, -0.1) is 0 Å². The number of ketones is 1. The van der Waals surface area contributed by atoms with E-state index in [1.807, 2.05) is 0 Å². The van der Waals surface area contributed by atoms with E-state index < -0.39 is 5.60 Å². The Bertz CT molecular complexity index is 509. The van der Waals surface area contributed by atoms with E-state index in [1.165, 1.54) is 24.8 Å². The molecule has 4 saturated carbocycles. The first-order chi connectivity index (χ1) is 8.83. The maximum atomic E-state index is 12.7. The van der Waals surface area contributed by atoms with Crippen molar-refractivity contribution in [2.75, 3.05) is 0 Å². The van der Waals surface area contributed by atoms with E-state index in [2.05, 4.69) is 20.4 Å². The highest BCUT2D eigenvalue weighted by Gasteiger charge is 2.83. The first-order valence-corrected chi connectivity index (χ1v) is 7.74. The Morgan fingerprint density at radius 2 is 2.05 bits per heavy atom. The summed E-state index contributed by atoms with van der Waals surface area (Å²) in [6.45, 7) is 8.55. The Morgan fingerprint density at radius 1 is 1.32 bits per heavy atom. The van der Waals surface area contributed by atoms with Gasteiger partial charge in [-0.05, 0) is 55.8 Å². The van der Waals surface area contributed by atoms with E-state index in [-0.39, 0.29) is 22.0 Å². The zero-order chi connectivity index (χ0) is 13.7. The zero-order valence-corrected chi connectivity index (χ0v) is 12.1. The molecule has 2 heteroatoms. The molecular formula is C17H24O2. The normalized spacial score (nSPS) is 58.5. The Hall–Kier alpha value is -0.630. The highest BCUT2D eigenvalue weighted by Crippen LogP contribution is 2.84. The monoisotopic (exact) mass is 260 g/mol. The minimum absolute atomic E-state index is 0.132. The Kier molecular flexibility index (Phi) is 1.92. The molecule has 4 bridgehead atoms. The van der Waals surface area contributed by atoms with Crippen molar-refractivity contribution in [2.45, 2.75) is 64.4 Å². The largest absolute Gasteiger partial charge is 0.381 e. The van der Waals surface area contributed by atoms with Gasteiger partial charge in [-0.2, -0.15) is 0 Å². The molecule has 4 aliphatic carbocycles. The number of carbonyl (C=O) groups is 1. The second-order valence-corrected chi connectivity index (χ2v) is 7.99. The topological polar surface area (TPSA) is 37.3 Å². The van der Waals surface area contributed by atoms with Crippen molar-refractivity contribution in [3.63, 3.8) is 0 Å². The third-order valence-corrected chi connectivity index (χ3v) is 7.87. The van der Waals surface area contributed by atoms with Crippen LogP contribution in [-0.4, -0.2) is 16.5 Å². The van der Waals surface area contributed by atoms with Crippen molar-refractivity contribution in [2.24, 2.45) is 22.2 Å². The van der Waals surface area contributed by atoms with Gasteiger partial charge in [0.15, 0.2) is 5.78 Å². The number of Topliss-reactive ketones (excluding diaryl/α,β-unsaturated/α-hetero) is 1. The fourth-order valence-corrected chi connectivity index (χ4v) is 7.12. The molecule has 0 aromatic rings. The van der Waals surface area contributed by atoms with Crippen LogP contribution in [0.2, 0.25) is 0 Å². The summed E-state index contributed by atoms with van der Waals surface area (Å²) in [7, 11) is 0. The molecule has 0 radical (unpaired) electrons. The minimum atomic E-state index is -1.04. The molecule has 1 spiro atoms. The third kappa shape index (κ3) is 0.904. The van der Waals surface area contributed by atoms with E-state index in [0.29, 0.717) is 18.8 Å². The van der Waals surface area contributed by atoms with E-state index in [4.69, 9.17) is 0 Å². The molecule has 4 fully saturated rings. The van der Waals surface area contributed by atoms with Crippen molar-refractivity contribution in [1.82, 2.24) is 0 Å². The molecule has 5 atom stereocenters. The molecule has 104 valence electrons. The molecule has 19 heavy (non-hydrogen) atoms. The van der Waals surface area contributed by atoms with Gasteiger partial charge in [0.1, 0.15) is 5.60 Å². The third-order valence-electron chi connectivity index (χ3n) is 7.87. The smallest absolute Gasteiger partial charge is 0.165 e. The number of hydrogen-bond donors (Lipinski definition) is 1. The minimum Gasteiger partial charge on any atom is -0.381 e. The Morgan fingerprint density at radius 3 is 2.74 bits per heavy atom. The van der Waals surface area contributed by atoms with Crippen LogP contribution in [0.4, 0.5) is 0 Å². The van der Waals surface area contributed by atoms with Crippen LogP contribution in [0.3, 0.4) is 0 Å². The Labute approximate surface area is 115 Å². The van der Waals surface area contributed by atoms with Crippen molar-refractivity contribution in [3.05, 3.63) is 12.2 Å². The SMILES string of the molecule is C=C(C)C1C[C@]2(C)[C@@]34CCCC13CC(=O)[C@]2(O)CC4. The molecule has 0 saturated heterocycles. The molecule has 0 amide bonds. The predicted octanol–water partition coefficient (Wildman–Crippen LogP) is 3.24. The van der Waals surface area contributed by atoms with Gasteiger partial charge in [-0.25, -0.2) is 0 Å². The summed E-state index contributed by atoms with van der Waals surface area (Å²) in [5.41, 5.74) is 0.342. The molecule has 0 aromatic carbocycles. The number of rotatable bonds is 1. The Balaban J connectivity index is 2.01. The van der Waals surface area contributed by atoms with Crippen LogP contribution in [0.15, 0.2) is 12.2 Å². The highest BCUT2D eigenvalue weighted by molar-refractivity contribution is 5.92. The second kappa shape index (κ2) is 3.00. The van der Waals surface area contributed by atoms with Gasteiger partial charge in [0.2, 0.25) is 0 Å². The molecule has 0 aromatic heterocycles. The first kappa shape index (κ1) is 12.1. The zero-order valence-electron chi connectivity index (χ0n) is 12.1. The summed E-state index contributed by atoms with van der Waals surface area (Å²) in [6, 6.07) is 0. The lowest BCUT2D eigenvalue weighted by Crippen LogP contribution is -2.59. The summed E-state index contributed by atoms with van der Waals surface area (Å²) in [5.74, 6) is 0.576. The molecule has 2 unspecified atom stereocenters. The van der Waals surface area contributed by atoms with E-state index >= 15 is 0 Å². The average Bonchev–Trinajstić information content (AvgIpc) is 2.83. The van der Waals surface area contributed by atoms with Gasteiger partial charge >= 0.3 is 0 Å². The van der Waals surface area contributed by atoms with Crippen LogP contribution in [0.5, 0.6) is 0 Å². The number of aliphatic hydroxyl groups is 1. The lowest BCUT2D eigenvalue weighted by atomic mass is 9.50. The molecule has 0 aliphatic heterocycles. The van der Waals surface area contributed by atoms with Crippen LogP contribution in [0.25, 0.3) is 0 Å². The van der Waals surface area contributed by atoms with Crippen molar-refractivity contribution >= 4 is 5.78 Å². The van der Waals surface area contributed by atoms with Gasteiger partial charge in [0.25, 0.3) is 0 Å². The number of allylic oxidation sites excluding steroid dienone is 1. The predicted molar refractivity (Wildman–Crippen MR) is 73.6 cm³/mol. The molecule has 2 nitrogen and oxygen atoms in total. The van der Waals surface area contributed by atoms with Gasteiger partial charge in [-0.1, -0.05) is 25.5 Å². The van der Waals surface area contributed by atoms with Crippen LogP contribution in [-0.2, 0) is 4.79 Å². The van der Waals surface area contributed by atoms with Crippen molar-refractivity contribution < 1.29 is 9.90 Å². The van der Waals surface area contributed by atoms with Gasteiger partial charge in [-0.3, -0.25) is 4.79 Å². The van der Waals surface area contributed by atoms with Crippen molar-refractivity contribution in [3.8, 4) is 0 Å². The van der Waals surface area contributed by atoms with Crippen LogP contribution >= 0.6 is 0 Å². The summed E-state index contributed by atoms with van der Waals surface area (Å²) >= 11 is 0. The highest BCUT2D eigenvalue weighted by atomic mass is 16.3. The summed E-state index contributed by atoms with van der Waals surface area (Å²) in [4.78, 5) is 12.7. The molecular weight excluding hydrogens is 236 g/mol. The van der Waals surface area contributed by atoms with Gasteiger partial charge in [0.05, 0.1) is 0 Å². The second-order valence-electron chi connectivity index (χ2n) is 7.99. The quantitative estimate of drug-likeness (QED) is 0.735. The molecule has 0 heterocycles. The molecule has 4 rings (SSSR count).